The first-order valence-electron chi connectivity index (χ1n) is 10.3. The molecule has 0 spiro atoms. The Balaban J connectivity index is 1.60. The van der Waals surface area contributed by atoms with Crippen LogP contribution >= 0.6 is 23.4 Å². The average Bonchev–Trinajstić information content (AvgIpc) is 2.77. The maximum absolute atomic E-state index is 12.9. The second kappa shape index (κ2) is 10.8. The van der Waals surface area contributed by atoms with Crippen molar-refractivity contribution in [2.24, 2.45) is 5.92 Å². The molecule has 0 N–H and O–H groups in total. The first-order valence-corrected chi connectivity index (χ1v) is 11.6. The summed E-state index contributed by atoms with van der Waals surface area (Å²) in [6.07, 6.45) is 1.28. The number of nitrogens with zero attached hydrogens (tertiary/aromatic N) is 4. The summed E-state index contributed by atoms with van der Waals surface area (Å²) in [7, 11) is 3.80. The molecule has 0 bridgehead atoms. The van der Waals surface area contributed by atoms with E-state index < -0.39 is 0 Å². The number of piperidine rings is 1. The van der Waals surface area contributed by atoms with E-state index in [1.807, 2.05) is 55.1 Å². The van der Waals surface area contributed by atoms with Gasteiger partial charge in [-0.2, -0.15) is 0 Å². The fourth-order valence-corrected chi connectivity index (χ4v) is 4.41. The quantitative estimate of drug-likeness (QED) is 0.267. The third-order valence-electron chi connectivity index (χ3n) is 5.06. The van der Waals surface area contributed by atoms with E-state index in [-0.39, 0.29) is 17.8 Å². The number of esters is 1. The Morgan fingerprint density at radius 1 is 1.23 bits per heavy atom. The molecule has 0 radical (unpaired) electrons. The Bertz CT molecular complexity index is 933. The summed E-state index contributed by atoms with van der Waals surface area (Å²) in [5.41, 5.74) is 1.65. The molecule has 1 amide bonds. The van der Waals surface area contributed by atoms with Crippen molar-refractivity contribution in [3.05, 3.63) is 46.6 Å². The van der Waals surface area contributed by atoms with Gasteiger partial charge in [-0.15, -0.1) is 0 Å². The van der Waals surface area contributed by atoms with E-state index in [0.29, 0.717) is 54.2 Å². The summed E-state index contributed by atoms with van der Waals surface area (Å²) in [5.74, 6) is 1.09. The van der Waals surface area contributed by atoms with Crippen molar-refractivity contribution >= 4 is 41.1 Å². The molecule has 0 saturated carbocycles. The smallest absolute Gasteiger partial charge is 0.309 e. The number of halogens is 1. The molecule has 2 heterocycles. The van der Waals surface area contributed by atoms with Crippen LogP contribution in [0.15, 0.2) is 35.5 Å². The van der Waals surface area contributed by atoms with Crippen LogP contribution in [0.25, 0.3) is 0 Å². The van der Waals surface area contributed by atoms with Crippen LogP contribution in [0.5, 0.6) is 0 Å². The number of hydrogen-bond acceptors (Lipinski definition) is 7. The van der Waals surface area contributed by atoms with E-state index in [1.165, 1.54) is 11.8 Å². The van der Waals surface area contributed by atoms with E-state index in [9.17, 15) is 9.59 Å². The molecule has 7 nitrogen and oxygen atoms in total. The van der Waals surface area contributed by atoms with Gasteiger partial charge in [0.1, 0.15) is 11.0 Å². The highest BCUT2D eigenvalue weighted by atomic mass is 35.5. The van der Waals surface area contributed by atoms with E-state index in [1.54, 1.807) is 6.07 Å². The molecule has 1 aliphatic rings. The lowest BCUT2D eigenvalue weighted by atomic mass is 9.96. The Hall–Kier alpha value is -2.32. The molecule has 3 rings (SSSR count). The van der Waals surface area contributed by atoms with Crippen molar-refractivity contribution in [3.8, 4) is 0 Å². The van der Waals surface area contributed by atoms with Gasteiger partial charge in [-0.3, -0.25) is 9.59 Å². The molecule has 1 aliphatic heterocycles. The van der Waals surface area contributed by atoms with Gasteiger partial charge in [-0.25, -0.2) is 9.97 Å². The Kier molecular flexibility index (Phi) is 8.15. The minimum Gasteiger partial charge on any atom is -0.466 e. The maximum atomic E-state index is 12.9. The first kappa shape index (κ1) is 23.3. The second-order valence-corrected chi connectivity index (χ2v) is 8.86. The molecule has 1 aromatic heterocycles. The van der Waals surface area contributed by atoms with Crippen LogP contribution in [-0.4, -0.2) is 60.5 Å². The molecule has 1 saturated heterocycles. The highest BCUT2D eigenvalue weighted by molar-refractivity contribution is 7.98. The van der Waals surface area contributed by atoms with E-state index in [2.05, 4.69) is 9.97 Å². The van der Waals surface area contributed by atoms with Crippen LogP contribution < -0.4 is 4.90 Å². The number of likely N-dealkylation sites (tertiary alicyclic amines) is 1. The molecule has 31 heavy (non-hydrogen) atoms. The minimum atomic E-state index is -0.158. The van der Waals surface area contributed by atoms with Gasteiger partial charge in [-0.1, -0.05) is 35.5 Å². The van der Waals surface area contributed by atoms with Gasteiger partial charge in [0.25, 0.3) is 5.91 Å². The third kappa shape index (κ3) is 6.33. The fourth-order valence-electron chi connectivity index (χ4n) is 3.38. The summed E-state index contributed by atoms with van der Waals surface area (Å²) in [4.78, 5) is 37.3. The van der Waals surface area contributed by atoms with Gasteiger partial charge in [0.2, 0.25) is 0 Å². The molecule has 1 aromatic carbocycles. The van der Waals surface area contributed by atoms with Gasteiger partial charge < -0.3 is 14.5 Å². The number of ether oxygens (including phenoxy) is 1. The number of thioether (sulfide) groups is 1. The Morgan fingerprint density at radius 3 is 2.65 bits per heavy atom. The largest absolute Gasteiger partial charge is 0.466 e. The molecule has 0 unspecified atom stereocenters. The zero-order valence-electron chi connectivity index (χ0n) is 18.0. The van der Waals surface area contributed by atoms with E-state index in [4.69, 9.17) is 16.3 Å². The normalized spacial score (nSPS) is 14.4. The molecule has 9 heteroatoms. The van der Waals surface area contributed by atoms with Crippen LogP contribution in [0.3, 0.4) is 0 Å². The molecular weight excluding hydrogens is 436 g/mol. The lowest BCUT2D eigenvalue weighted by molar-refractivity contribution is -0.149. The fraction of sp³-hybridized carbons (Fsp3) is 0.455. The van der Waals surface area contributed by atoms with Crippen LogP contribution in [0.4, 0.5) is 5.82 Å². The van der Waals surface area contributed by atoms with Crippen molar-refractivity contribution in [2.75, 3.05) is 38.7 Å². The Morgan fingerprint density at radius 2 is 1.97 bits per heavy atom. The van der Waals surface area contributed by atoms with Crippen molar-refractivity contribution in [1.29, 1.82) is 0 Å². The lowest BCUT2D eigenvalue weighted by Crippen LogP contribution is -2.40. The lowest BCUT2D eigenvalue weighted by Gasteiger charge is -2.31. The van der Waals surface area contributed by atoms with Crippen LogP contribution in [0.1, 0.15) is 35.7 Å². The zero-order chi connectivity index (χ0) is 22.4. The maximum Gasteiger partial charge on any atom is 0.309 e. The number of amides is 1. The summed E-state index contributed by atoms with van der Waals surface area (Å²) in [6, 6.07) is 9.32. The van der Waals surface area contributed by atoms with Gasteiger partial charge in [-0.05, 0) is 37.5 Å². The highest BCUT2D eigenvalue weighted by Crippen LogP contribution is 2.25. The van der Waals surface area contributed by atoms with Gasteiger partial charge in [0, 0.05) is 44.6 Å². The van der Waals surface area contributed by atoms with Crippen LogP contribution in [-0.2, 0) is 15.3 Å². The SMILES string of the molecule is CCOC(=O)C1CCN(C(=O)c2cccc(CSc3nc(Cl)cc(N(C)C)n3)c2)CC1. The third-order valence-corrected chi connectivity index (χ3v) is 6.18. The number of carbonyl (C=O) groups is 2. The molecule has 1 fully saturated rings. The molecule has 166 valence electrons. The topological polar surface area (TPSA) is 75.6 Å². The standard InChI is InChI=1S/C22H27ClN4O3S/c1-4-30-21(29)16-8-10-27(11-9-16)20(28)17-7-5-6-15(12-17)14-31-22-24-18(23)13-19(25-22)26(2)3/h5-7,12-13,16H,4,8-11,14H2,1-3H3. The molecule has 0 atom stereocenters. The second-order valence-electron chi connectivity index (χ2n) is 7.53. The van der Waals surface area contributed by atoms with Crippen LogP contribution in [0, 0.1) is 5.92 Å². The predicted octanol–water partition coefficient (Wildman–Crippen LogP) is 3.90. The van der Waals surface area contributed by atoms with Gasteiger partial charge in [0.05, 0.1) is 12.5 Å². The molecular formula is C22H27ClN4O3S. The highest BCUT2D eigenvalue weighted by Gasteiger charge is 2.28. The minimum absolute atomic E-state index is 0.0111. The summed E-state index contributed by atoms with van der Waals surface area (Å²) in [6.45, 7) is 3.32. The van der Waals surface area contributed by atoms with Crippen LogP contribution in [0.2, 0.25) is 5.15 Å². The monoisotopic (exact) mass is 462 g/mol. The van der Waals surface area contributed by atoms with Crippen molar-refractivity contribution < 1.29 is 14.3 Å². The first-order chi connectivity index (χ1) is 14.9. The van der Waals surface area contributed by atoms with E-state index in [0.717, 1.165) is 11.4 Å². The number of rotatable bonds is 7. The number of aromatic nitrogens is 2. The summed E-state index contributed by atoms with van der Waals surface area (Å²) < 4.78 is 5.10. The van der Waals surface area contributed by atoms with Crippen molar-refractivity contribution in [1.82, 2.24) is 14.9 Å². The van der Waals surface area contributed by atoms with E-state index >= 15 is 0 Å². The van der Waals surface area contributed by atoms with Gasteiger partial charge >= 0.3 is 5.97 Å². The number of hydrogen-bond donors (Lipinski definition) is 0. The zero-order valence-corrected chi connectivity index (χ0v) is 19.6. The van der Waals surface area contributed by atoms with Crippen molar-refractivity contribution in [2.45, 2.75) is 30.7 Å². The Labute approximate surface area is 192 Å². The molecule has 2 aromatic rings. The average molecular weight is 463 g/mol. The summed E-state index contributed by atoms with van der Waals surface area (Å²) in [5, 5.41) is 0.991. The summed E-state index contributed by atoms with van der Waals surface area (Å²) >= 11 is 7.58. The number of anilines is 1. The molecule has 0 aliphatic carbocycles. The predicted molar refractivity (Wildman–Crippen MR) is 123 cm³/mol. The number of carbonyl (C=O) groups excluding carboxylic acids is 2. The van der Waals surface area contributed by atoms with Crippen molar-refractivity contribution in [3.63, 3.8) is 0 Å². The number of benzene rings is 1. The van der Waals surface area contributed by atoms with Gasteiger partial charge in [0.15, 0.2) is 5.16 Å².